The molecule has 2 N–H and O–H groups in total. The third-order valence-corrected chi connectivity index (χ3v) is 6.38. The number of rotatable bonds is 9. The number of anilines is 1. The first-order chi connectivity index (χ1) is 14.5. The van der Waals surface area contributed by atoms with Crippen molar-refractivity contribution in [3.05, 3.63) is 87.6 Å². The molecule has 1 atom stereocenters. The molecule has 0 saturated heterocycles. The van der Waals surface area contributed by atoms with E-state index in [1.165, 1.54) is 16.0 Å². The quantitative estimate of drug-likeness (QED) is 0.571. The molecule has 3 rings (SSSR count). The Labute approximate surface area is 184 Å². The Morgan fingerprint density at radius 3 is 2.20 bits per heavy atom. The topological polar surface area (TPSA) is 40.2 Å². The second kappa shape index (κ2) is 10.4. The van der Waals surface area contributed by atoms with Gasteiger partial charge in [0, 0.05) is 38.9 Å². The Hall–Kier alpha value is -2.63. The number of hydrogen-bond donors (Lipinski definition) is 1. The lowest BCUT2D eigenvalue weighted by Crippen LogP contribution is -2.87. The van der Waals surface area contributed by atoms with Gasteiger partial charge in [-0.05, 0) is 41.1 Å². The maximum Gasteiger partial charge on any atom is 0.277 e. The molecule has 158 valence electrons. The van der Waals surface area contributed by atoms with Gasteiger partial charge in [-0.1, -0.05) is 49.4 Å². The van der Waals surface area contributed by atoms with E-state index < -0.39 is 0 Å². The lowest BCUT2D eigenvalue weighted by molar-refractivity contribution is -0.676. The van der Waals surface area contributed by atoms with Crippen LogP contribution in [0.2, 0.25) is 0 Å². The molecular weight excluding hydrogens is 390 g/mol. The average molecular weight is 423 g/mol. The van der Waals surface area contributed by atoms with Crippen LogP contribution in [0.4, 0.5) is 5.69 Å². The van der Waals surface area contributed by atoms with Crippen LogP contribution in [-0.4, -0.2) is 38.5 Å². The first kappa shape index (κ1) is 22.1. The third-order valence-electron chi connectivity index (χ3n) is 5.42. The molecule has 2 aromatic carbocycles. The standard InChI is InChI=1S/C25H31N3OS/c1-5-19-8-12-21(13-9-19)25(23-7-6-16-30-23)26-17-24(29)28(4)18-20-10-14-22(15-11-20)27(2)3/h6-16,25-26H,5,17-18H2,1-4H3/p+1/t25-/m1/s1. The van der Waals surface area contributed by atoms with Crippen LogP contribution in [0.15, 0.2) is 66.0 Å². The van der Waals surface area contributed by atoms with E-state index in [1.807, 2.05) is 26.0 Å². The molecule has 0 bridgehead atoms. The van der Waals surface area contributed by atoms with Crippen LogP contribution in [0.1, 0.15) is 34.5 Å². The highest BCUT2D eigenvalue weighted by molar-refractivity contribution is 7.10. The van der Waals surface area contributed by atoms with Gasteiger partial charge in [-0.3, -0.25) is 4.79 Å². The molecule has 0 fully saturated rings. The van der Waals surface area contributed by atoms with Crippen molar-refractivity contribution >= 4 is 22.9 Å². The van der Waals surface area contributed by atoms with Crippen molar-refractivity contribution in [1.29, 1.82) is 0 Å². The number of likely N-dealkylation sites (N-methyl/N-ethyl adjacent to an activating group) is 1. The molecule has 0 aliphatic heterocycles. The number of carbonyl (C=O) groups is 1. The Morgan fingerprint density at radius 1 is 0.967 bits per heavy atom. The van der Waals surface area contributed by atoms with Crippen LogP contribution in [0.3, 0.4) is 0 Å². The summed E-state index contributed by atoms with van der Waals surface area (Å²) in [6.45, 7) is 3.21. The molecule has 3 aromatic rings. The molecule has 0 unspecified atom stereocenters. The van der Waals surface area contributed by atoms with Crippen molar-refractivity contribution in [2.24, 2.45) is 0 Å². The number of hydrogen-bond acceptors (Lipinski definition) is 3. The molecule has 0 saturated carbocycles. The van der Waals surface area contributed by atoms with E-state index >= 15 is 0 Å². The van der Waals surface area contributed by atoms with Gasteiger partial charge in [-0.2, -0.15) is 0 Å². The van der Waals surface area contributed by atoms with Gasteiger partial charge in [0.25, 0.3) is 5.91 Å². The van der Waals surface area contributed by atoms with Gasteiger partial charge >= 0.3 is 0 Å². The molecule has 1 heterocycles. The van der Waals surface area contributed by atoms with E-state index in [2.05, 4.69) is 83.2 Å². The van der Waals surface area contributed by atoms with Gasteiger partial charge in [0.05, 0.1) is 4.88 Å². The molecule has 0 aliphatic carbocycles. The fourth-order valence-electron chi connectivity index (χ4n) is 3.48. The average Bonchev–Trinajstić information content (AvgIpc) is 3.29. The molecule has 1 amide bonds. The van der Waals surface area contributed by atoms with E-state index in [-0.39, 0.29) is 11.9 Å². The van der Waals surface area contributed by atoms with Gasteiger partial charge in [0.15, 0.2) is 6.54 Å². The predicted octanol–water partition coefficient (Wildman–Crippen LogP) is 3.69. The van der Waals surface area contributed by atoms with E-state index in [1.54, 1.807) is 11.3 Å². The molecule has 0 spiro atoms. The van der Waals surface area contributed by atoms with Crippen molar-refractivity contribution in [3.63, 3.8) is 0 Å². The van der Waals surface area contributed by atoms with Crippen molar-refractivity contribution in [2.45, 2.75) is 25.9 Å². The van der Waals surface area contributed by atoms with Gasteiger partial charge in [0.1, 0.15) is 6.04 Å². The largest absolute Gasteiger partial charge is 0.378 e. The number of thiophene rings is 1. The van der Waals surface area contributed by atoms with Crippen molar-refractivity contribution in [3.8, 4) is 0 Å². The van der Waals surface area contributed by atoms with E-state index in [9.17, 15) is 4.79 Å². The molecule has 30 heavy (non-hydrogen) atoms. The zero-order chi connectivity index (χ0) is 21.5. The Balaban J connectivity index is 1.63. The van der Waals surface area contributed by atoms with Crippen LogP contribution in [0, 0.1) is 0 Å². The second-order valence-corrected chi connectivity index (χ2v) is 8.82. The minimum absolute atomic E-state index is 0.137. The summed E-state index contributed by atoms with van der Waals surface area (Å²) in [5, 5.41) is 4.25. The first-order valence-corrected chi connectivity index (χ1v) is 11.3. The number of amides is 1. The Bertz CT molecular complexity index is 918. The van der Waals surface area contributed by atoms with Crippen molar-refractivity contribution < 1.29 is 10.1 Å². The van der Waals surface area contributed by atoms with Crippen molar-refractivity contribution in [2.75, 3.05) is 32.6 Å². The summed E-state index contributed by atoms with van der Waals surface area (Å²) in [7, 11) is 5.94. The molecule has 1 aromatic heterocycles. The highest BCUT2D eigenvalue weighted by Crippen LogP contribution is 2.23. The van der Waals surface area contributed by atoms with E-state index in [0.29, 0.717) is 13.1 Å². The van der Waals surface area contributed by atoms with Crippen LogP contribution in [0.5, 0.6) is 0 Å². The summed E-state index contributed by atoms with van der Waals surface area (Å²) in [4.78, 5) is 18.0. The monoisotopic (exact) mass is 422 g/mol. The zero-order valence-corrected chi connectivity index (χ0v) is 19.2. The first-order valence-electron chi connectivity index (χ1n) is 10.4. The lowest BCUT2D eigenvalue weighted by atomic mass is 10.0. The Morgan fingerprint density at radius 2 is 1.63 bits per heavy atom. The summed E-state index contributed by atoms with van der Waals surface area (Å²) in [5.41, 5.74) is 4.87. The van der Waals surface area contributed by atoms with Crippen LogP contribution < -0.4 is 10.2 Å². The van der Waals surface area contributed by atoms with Gasteiger partial charge in [0.2, 0.25) is 0 Å². The maximum atomic E-state index is 12.8. The smallest absolute Gasteiger partial charge is 0.277 e. The Kier molecular flexibility index (Phi) is 7.66. The number of nitrogens with two attached hydrogens (primary N) is 1. The number of carbonyl (C=O) groups excluding carboxylic acids is 1. The second-order valence-electron chi connectivity index (χ2n) is 7.84. The fraction of sp³-hybridized carbons (Fsp3) is 0.320. The summed E-state index contributed by atoms with van der Waals surface area (Å²) >= 11 is 1.74. The number of quaternary nitrogens is 1. The van der Waals surface area contributed by atoms with Crippen LogP contribution in [0.25, 0.3) is 0 Å². The van der Waals surface area contributed by atoms with Crippen LogP contribution in [-0.2, 0) is 17.8 Å². The van der Waals surface area contributed by atoms with Crippen molar-refractivity contribution in [1.82, 2.24) is 4.90 Å². The molecule has 4 nitrogen and oxygen atoms in total. The molecule has 0 aliphatic rings. The summed E-state index contributed by atoms with van der Waals surface area (Å²) in [6, 6.07) is 21.5. The predicted molar refractivity (Wildman–Crippen MR) is 126 cm³/mol. The summed E-state index contributed by atoms with van der Waals surface area (Å²) in [5.74, 6) is 0.137. The number of aryl methyl sites for hydroxylation is 1. The fourth-order valence-corrected chi connectivity index (χ4v) is 4.33. The van der Waals surface area contributed by atoms with Crippen LogP contribution >= 0.6 is 11.3 Å². The number of nitrogens with zero attached hydrogens (tertiary/aromatic N) is 2. The maximum absolute atomic E-state index is 12.8. The van der Waals surface area contributed by atoms with Gasteiger partial charge < -0.3 is 15.1 Å². The van der Waals surface area contributed by atoms with E-state index in [4.69, 9.17) is 0 Å². The highest BCUT2D eigenvalue weighted by Gasteiger charge is 2.21. The minimum Gasteiger partial charge on any atom is -0.378 e. The molecule has 5 heteroatoms. The normalized spacial score (nSPS) is 11.9. The molecule has 0 radical (unpaired) electrons. The molecular formula is C25H32N3OS+. The minimum atomic E-state index is 0.137. The lowest BCUT2D eigenvalue weighted by Gasteiger charge is -2.20. The summed E-state index contributed by atoms with van der Waals surface area (Å²) < 4.78 is 0. The summed E-state index contributed by atoms with van der Waals surface area (Å²) in [6.07, 6.45) is 1.03. The van der Waals surface area contributed by atoms with Gasteiger partial charge in [-0.15, -0.1) is 11.3 Å². The van der Waals surface area contributed by atoms with E-state index in [0.717, 1.165) is 17.7 Å². The van der Waals surface area contributed by atoms with Gasteiger partial charge in [-0.25, -0.2) is 0 Å². The highest BCUT2D eigenvalue weighted by atomic mass is 32.1. The number of benzene rings is 2. The SMILES string of the molecule is CCc1ccc([C@@H]([NH2+]CC(=O)N(C)Cc2ccc(N(C)C)cc2)c2cccs2)cc1. The zero-order valence-electron chi connectivity index (χ0n) is 18.3. The third kappa shape index (κ3) is 5.71.